The molecule has 0 aliphatic heterocycles. The monoisotopic (exact) mass is 469 g/mol. The van der Waals surface area contributed by atoms with Gasteiger partial charge in [0.05, 0.1) is 11.4 Å². The van der Waals surface area contributed by atoms with Gasteiger partial charge < -0.3 is 10.3 Å². The summed E-state index contributed by atoms with van der Waals surface area (Å²) in [7, 11) is 0. The van der Waals surface area contributed by atoms with Crippen LogP contribution in [0.5, 0.6) is 0 Å². The maximum Gasteiger partial charge on any atom is 0.166 e. The fourth-order valence-corrected chi connectivity index (χ4v) is 5.04. The van der Waals surface area contributed by atoms with E-state index >= 15 is 0 Å². The molecule has 3 aromatic carbocycles. The number of rotatable bonds is 13. The summed E-state index contributed by atoms with van der Waals surface area (Å²) in [4.78, 5) is 8.60. The van der Waals surface area contributed by atoms with Gasteiger partial charge in [-0.1, -0.05) is 129 Å². The second-order valence-electron chi connectivity index (χ2n) is 8.65. The smallest absolute Gasteiger partial charge is 0.166 e. The van der Waals surface area contributed by atoms with Gasteiger partial charge in [-0.05, 0) is 24.1 Å². The molecule has 2 N–H and O–H groups in total. The van der Waals surface area contributed by atoms with E-state index in [0.717, 1.165) is 46.5 Å². The van der Waals surface area contributed by atoms with Crippen LogP contribution in [0, 0.1) is 0 Å². The van der Waals surface area contributed by atoms with Crippen molar-refractivity contribution < 1.29 is 0 Å². The topological polar surface area (TPSA) is 40.7 Å². The van der Waals surface area contributed by atoms with Crippen LogP contribution in [0.2, 0.25) is 0 Å². The normalized spacial score (nSPS) is 11.1. The van der Waals surface area contributed by atoms with E-state index in [-0.39, 0.29) is 0 Å². The van der Waals surface area contributed by atoms with Crippen molar-refractivity contribution in [3.63, 3.8) is 0 Å². The number of unbranched alkanes of at least 4 members (excludes halogenated alkanes) is 4. The first-order valence-electron chi connectivity index (χ1n) is 12.5. The van der Waals surface area contributed by atoms with Gasteiger partial charge in [-0.3, -0.25) is 0 Å². The summed E-state index contributed by atoms with van der Waals surface area (Å²) in [5, 5.41) is 4.60. The minimum Gasteiger partial charge on any atom is -0.332 e. The minimum atomic E-state index is 0.893. The summed E-state index contributed by atoms with van der Waals surface area (Å²) in [6.45, 7) is 4.28. The zero-order valence-corrected chi connectivity index (χ0v) is 20.9. The minimum absolute atomic E-state index is 0.893. The molecule has 176 valence electrons. The van der Waals surface area contributed by atoms with E-state index in [9.17, 15) is 0 Å². The van der Waals surface area contributed by atoms with E-state index < -0.39 is 0 Å². The Kier molecular flexibility index (Phi) is 9.41. The van der Waals surface area contributed by atoms with Crippen molar-refractivity contribution in [2.45, 2.75) is 56.5 Å². The maximum absolute atomic E-state index is 5.00. The quantitative estimate of drug-likeness (QED) is 0.153. The number of nitrogens with zero attached hydrogens (tertiary/aromatic N) is 1. The molecule has 0 atom stereocenters. The molecule has 0 spiro atoms. The van der Waals surface area contributed by atoms with Crippen LogP contribution in [0.25, 0.3) is 22.5 Å². The lowest BCUT2D eigenvalue weighted by Gasteiger charge is -2.10. The molecule has 0 radical (unpaired) electrons. The van der Waals surface area contributed by atoms with Gasteiger partial charge in [-0.2, -0.15) is 0 Å². The lowest BCUT2D eigenvalue weighted by atomic mass is 10.1. The van der Waals surface area contributed by atoms with Crippen molar-refractivity contribution in [1.82, 2.24) is 15.3 Å². The Morgan fingerprint density at radius 3 is 2.12 bits per heavy atom. The van der Waals surface area contributed by atoms with Crippen molar-refractivity contribution >= 4 is 11.8 Å². The second kappa shape index (κ2) is 13.2. The van der Waals surface area contributed by atoms with Gasteiger partial charge in [0.15, 0.2) is 5.16 Å². The van der Waals surface area contributed by atoms with Crippen molar-refractivity contribution in [3.8, 4) is 22.5 Å². The van der Waals surface area contributed by atoms with Crippen molar-refractivity contribution in [2.24, 2.45) is 0 Å². The summed E-state index contributed by atoms with van der Waals surface area (Å²) in [6, 6.07) is 29.7. The van der Waals surface area contributed by atoms with E-state index in [2.05, 4.69) is 90.0 Å². The lowest BCUT2D eigenvalue weighted by Crippen LogP contribution is -2.15. The van der Waals surface area contributed by atoms with Gasteiger partial charge in [0.1, 0.15) is 0 Å². The summed E-state index contributed by atoms with van der Waals surface area (Å²) in [5.74, 6) is 0.893. The number of aromatic nitrogens is 2. The van der Waals surface area contributed by atoms with Crippen LogP contribution in [0.4, 0.5) is 0 Å². The lowest BCUT2D eigenvalue weighted by molar-refractivity contribution is 0.583. The summed E-state index contributed by atoms with van der Waals surface area (Å²) >= 11 is 1.77. The highest BCUT2D eigenvalue weighted by Crippen LogP contribution is 2.33. The number of aromatic amines is 1. The van der Waals surface area contributed by atoms with E-state index in [1.807, 2.05) is 12.1 Å². The summed E-state index contributed by atoms with van der Waals surface area (Å²) in [6.07, 6.45) is 6.58. The van der Waals surface area contributed by atoms with Gasteiger partial charge in [-0.15, -0.1) is 0 Å². The molecule has 0 fully saturated rings. The Bertz CT molecular complexity index is 1070. The van der Waals surface area contributed by atoms with Crippen LogP contribution in [-0.2, 0) is 12.3 Å². The SMILES string of the molecule is CCCCCCCNCc1ccccc1CSc1nc(-c2ccccc2)c(-c2ccccc2)[nH]1. The number of nitrogens with one attached hydrogen (secondary N) is 2. The molecule has 4 rings (SSSR count). The molecule has 0 bridgehead atoms. The van der Waals surface area contributed by atoms with Gasteiger partial charge in [0.25, 0.3) is 0 Å². The van der Waals surface area contributed by atoms with Crippen LogP contribution in [0.1, 0.15) is 50.2 Å². The highest BCUT2D eigenvalue weighted by Gasteiger charge is 2.14. The molecule has 4 heteroatoms. The number of thioether (sulfide) groups is 1. The van der Waals surface area contributed by atoms with Crippen molar-refractivity contribution in [1.29, 1.82) is 0 Å². The Morgan fingerprint density at radius 2 is 1.38 bits per heavy atom. The molecule has 0 unspecified atom stereocenters. The van der Waals surface area contributed by atoms with Crippen LogP contribution in [0.15, 0.2) is 90.1 Å². The van der Waals surface area contributed by atoms with E-state index in [0.29, 0.717) is 0 Å². The van der Waals surface area contributed by atoms with Crippen LogP contribution < -0.4 is 5.32 Å². The molecular formula is C30H35N3S. The van der Waals surface area contributed by atoms with Crippen molar-refractivity contribution in [2.75, 3.05) is 6.54 Å². The Balaban J connectivity index is 1.43. The molecule has 1 heterocycles. The van der Waals surface area contributed by atoms with E-state index in [4.69, 9.17) is 4.98 Å². The fourth-order valence-electron chi connectivity index (χ4n) is 4.13. The zero-order valence-electron chi connectivity index (χ0n) is 20.1. The predicted molar refractivity (Wildman–Crippen MR) is 146 cm³/mol. The molecule has 4 aromatic rings. The number of H-pyrrole nitrogens is 1. The number of benzene rings is 3. The molecule has 0 saturated carbocycles. The largest absolute Gasteiger partial charge is 0.332 e. The highest BCUT2D eigenvalue weighted by atomic mass is 32.2. The third kappa shape index (κ3) is 6.85. The van der Waals surface area contributed by atoms with Crippen LogP contribution >= 0.6 is 11.8 Å². The van der Waals surface area contributed by atoms with E-state index in [1.54, 1.807) is 11.8 Å². The third-order valence-corrected chi connectivity index (χ3v) is 6.97. The molecule has 3 nitrogen and oxygen atoms in total. The highest BCUT2D eigenvalue weighted by molar-refractivity contribution is 7.98. The average molecular weight is 470 g/mol. The standard InChI is InChI=1S/C30H35N3S/c1-2-3-4-5-14-21-31-22-26-19-12-13-20-27(26)23-34-30-32-28(24-15-8-6-9-16-24)29(33-30)25-17-10-7-11-18-25/h6-13,15-20,31H,2-5,14,21-23H2,1H3,(H,32,33). The molecule has 34 heavy (non-hydrogen) atoms. The average Bonchev–Trinajstić information content (AvgIpc) is 3.33. The first kappa shape index (κ1) is 24.3. The van der Waals surface area contributed by atoms with E-state index in [1.165, 1.54) is 43.2 Å². The Morgan fingerprint density at radius 1 is 0.735 bits per heavy atom. The molecule has 1 aromatic heterocycles. The zero-order chi connectivity index (χ0) is 23.4. The fraction of sp³-hybridized carbons (Fsp3) is 0.300. The van der Waals surface area contributed by atoms with Crippen LogP contribution in [0.3, 0.4) is 0 Å². The predicted octanol–water partition coefficient (Wildman–Crippen LogP) is 8.10. The maximum atomic E-state index is 5.00. The second-order valence-corrected chi connectivity index (χ2v) is 9.61. The van der Waals surface area contributed by atoms with Crippen molar-refractivity contribution in [3.05, 3.63) is 96.1 Å². The first-order chi connectivity index (χ1) is 16.8. The summed E-state index contributed by atoms with van der Waals surface area (Å²) < 4.78 is 0. The Labute approximate surface area is 208 Å². The molecule has 0 saturated heterocycles. The molecular weight excluding hydrogens is 434 g/mol. The van der Waals surface area contributed by atoms with Gasteiger partial charge in [0, 0.05) is 23.4 Å². The third-order valence-electron chi connectivity index (χ3n) is 6.05. The van der Waals surface area contributed by atoms with Gasteiger partial charge in [-0.25, -0.2) is 4.98 Å². The van der Waals surface area contributed by atoms with Crippen LogP contribution in [-0.4, -0.2) is 16.5 Å². The molecule has 0 amide bonds. The summed E-state index contributed by atoms with van der Waals surface area (Å²) in [5.41, 5.74) is 7.11. The number of hydrogen-bond acceptors (Lipinski definition) is 3. The van der Waals surface area contributed by atoms with Gasteiger partial charge in [0.2, 0.25) is 0 Å². The molecule has 0 aliphatic rings. The molecule has 0 aliphatic carbocycles. The Hall–Kier alpha value is -2.82. The number of imidazole rings is 1. The van der Waals surface area contributed by atoms with Gasteiger partial charge >= 0.3 is 0 Å². The first-order valence-corrected chi connectivity index (χ1v) is 13.4. The number of hydrogen-bond donors (Lipinski definition) is 2.